The van der Waals surface area contributed by atoms with Crippen LogP contribution in [0.2, 0.25) is 0 Å². The molecular weight excluding hydrogens is 357 g/mol. The molecule has 0 unspecified atom stereocenters. The molecule has 0 N–H and O–H groups in total. The first-order valence-corrected chi connectivity index (χ1v) is 8.74. The minimum absolute atomic E-state index is 0.168. The maximum atomic E-state index is 13.2. The number of likely N-dealkylation sites (tertiary alicyclic amines) is 1. The smallest absolute Gasteiger partial charge is 0.356 e. The van der Waals surface area contributed by atoms with Gasteiger partial charge < -0.3 is 9.80 Å². The van der Waals surface area contributed by atoms with Gasteiger partial charge in [0.1, 0.15) is 12.1 Å². The number of carbonyl (C=O) groups is 1. The molecular formula is C19H21F3N4O. The van der Waals surface area contributed by atoms with E-state index in [0.717, 1.165) is 17.6 Å². The van der Waals surface area contributed by atoms with Crippen molar-refractivity contribution in [2.75, 3.05) is 25.0 Å². The van der Waals surface area contributed by atoms with E-state index >= 15 is 0 Å². The molecule has 1 fully saturated rings. The summed E-state index contributed by atoms with van der Waals surface area (Å²) in [6, 6.07) is 7.00. The zero-order valence-corrected chi connectivity index (χ0v) is 15.2. The van der Waals surface area contributed by atoms with Crippen molar-refractivity contribution in [2.45, 2.75) is 32.0 Å². The van der Waals surface area contributed by atoms with Crippen molar-refractivity contribution < 1.29 is 18.0 Å². The van der Waals surface area contributed by atoms with Crippen LogP contribution in [0.15, 0.2) is 36.7 Å². The molecule has 1 amide bonds. The van der Waals surface area contributed by atoms with Crippen LogP contribution in [0, 0.1) is 6.92 Å². The number of benzene rings is 1. The van der Waals surface area contributed by atoms with E-state index in [9.17, 15) is 18.0 Å². The lowest BCUT2D eigenvalue weighted by Crippen LogP contribution is -2.46. The van der Waals surface area contributed by atoms with Gasteiger partial charge in [0, 0.05) is 37.9 Å². The molecule has 0 bridgehead atoms. The fourth-order valence-corrected chi connectivity index (χ4v) is 3.36. The third-order valence-electron chi connectivity index (χ3n) is 4.91. The van der Waals surface area contributed by atoms with E-state index < -0.39 is 17.6 Å². The minimum atomic E-state index is -4.55. The molecule has 0 saturated carbocycles. The summed E-state index contributed by atoms with van der Waals surface area (Å²) >= 11 is 0. The lowest BCUT2D eigenvalue weighted by Gasteiger charge is -2.37. The highest BCUT2D eigenvalue weighted by Gasteiger charge is 2.36. The summed E-state index contributed by atoms with van der Waals surface area (Å²) in [4.78, 5) is 24.5. The van der Waals surface area contributed by atoms with E-state index in [1.165, 1.54) is 29.4 Å². The molecule has 8 heteroatoms. The van der Waals surface area contributed by atoms with Gasteiger partial charge in [0.05, 0.1) is 11.1 Å². The first-order chi connectivity index (χ1) is 12.8. The molecule has 1 aromatic heterocycles. The van der Waals surface area contributed by atoms with Crippen molar-refractivity contribution >= 4 is 11.7 Å². The van der Waals surface area contributed by atoms with E-state index in [4.69, 9.17) is 0 Å². The van der Waals surface area contributed by atoms with E-state index in [-0.39, 0.29) is 11.6 Å². The number of aromatic nitrogens is 2. The molecule has 5 nitrogen and oxygen atoms in total. The molecule has 0 radical (unpaired) electrons. The Balaban J connectivity index is 1.68. The number of hydrogen-bond acceptors (Lipinski definition) is 4. The first kappa shape index (κ1) is 19.1. The Morgan fingerprint density at radius 1 is 1.19 bits per heavy atom. The number of hydrogen-bond donors (Lipinski definition) is 0. The van der Waals surface area contributed by atoms with Crippen LogP contribution in [0.3, 0.4) is 0 Å². The summed E-state index contributed by atoms with van der Waals surface area (Å²) in [5, 5.41) is 0. The van der Waals surface area contributed by atoms with Crippen LogP contribution < -0.4 is 4.90 Å². The van der Waals surface area contributed by atoms with Crippen molar-refractivity contribution in [3.63, 3.8) is 0 Å². The summed E-state index contributed by atoms with van der Waals surface area (Å²) < 4.78 is 39.5. The quantitative estimate of drug-likeness (QED) is 0.820. The van der Waals surface area contributed by atoms with Gasteiger partial charge in [0.2, 0.25) is 0 Å². The third-order valence-corrected chi connectivity index (χ3v) is 4.91. The van der Waals surface area contributed by atoms with Crippen molar-refractivity contribution in [3.05, 3.63) is 53.5 Å². The van der Waals surface area contributed by atoms with E-state index in [2.05, 4.69) is 9.97 Å². The summed E-state index contributed by atoms with van der Waals surface area (Å²) in [5.74, 6) is 0.233. The number of rotatable bonds is 3. The SMILES string of the molecule is Cc1cc(N(C)C2CCN(C(=O)c3ccccc3C(F)(F)F)CC2)ncn1. The largest absolute Gasteiger partial charge is 0.417 e. The molecule has 1 aliphatic heterocycles. The van der Waals surface area contributed by atoms with Crippen LogP contribution in [0.5, 0.6) is 0 Å². The zero-order chi connectivity index (χ0) is 19.6. The topological polar surface area (TPSA) is 49.3 Å². The highest BCUT2D eigenvalue weighted by atomic mass is 19.4. The number of halogens is 3. The van der Waals surface area contributed by atoms with Crippen LogP contribution in [-0.4, -0.2) is 47.0 Å². The maximum absolute atomic E-state index is 13.2. The zero-order valence-electron chi connectivity index (χ0n) is 15.2. The monoisotopic (exact) mass is 378 g/mol. The number of aryl methyl sites for hydroxylation is 1. The second kappa shape index (κ2) is 7.54. The number of anilines is 1. The predicted molar refractivity (Wildman–Crippen MR) is 95.5 cm³/mol. The Hall–Kier alpha value is -2.64. The van der Waals surface area contributed by atoms with Crippen LogP contribution in [0.1, 0.15) is 34.5 Å². The fraction of sp³-hybridized carbons (Fsp3) is 0.421. The van der Waals surface area contributed by atoms with Gasteiger partial charge in [-0.2, -0.15) is 13.2 Å². The van der Waals surface area contributed by atoms with Crippen LogP contribution >= 0.6 is 0 Å². The number of amides is 1. The average Bonchev–Trinajstić information content (AvgIpc) is 2.66. The Kier molecular flexibility index (Phi) is 5.34. The van der Waals surface area contributed by atoms with Gasteiger partial charge in [0.15, 0.2) is 0 Å². The maximum Gasteiger partial charge on any atom is 0.417 e. The number of carbonyl (C=O) groups excluding carboxylic acids is 1. The second-order valence-electron chi connectivity index (χ2n) is 6.70. The number of alkyl halides is 3. The molecule has 1 saturated heterocycles. The third kappa shape index (κ3) is 4.20. The molecule has 0 spiro atoms. The van der Waals surface area contributed by atoms with Crippen molar-refractivity contribution in [2.24, 2.45) is 0 Å². The fourth-order valence-electron chi connectivity index (χ4n) is 3.36. The summed E-state index contributed by atoms with van der Waals surface area (Å²) in [6.07, 6.45) is -1.71. The molecule has 0 aliphatic carbocycles. The van der Waals surface area contributed by atoms with E-state index in [0.29, 0.717) is 25.9 Å². The number of nitrogens with zero attached hydrogens (tertiary/aromatic N) is 4. The van der Waals surface area contributed by atoms with E-state index in [1.807, 2.05) is 24.9 Å². The molecule has 1 aromatic carbocycles. The normalized spacial score (nSPS) is 15.7. The Bertz CT molecular complexity index is 817. The summed E-state index contributed by atoms with van der Waals surface area (Å²) in [7, 11) is 1.93. The molecule has 1 aliphatic rings. The van der Waals surface area contributed by atoms with Gasteiger partial charge in [-0.25, -0.2) is 9.97 Å². The Morgan fingerprint density at radius 2 is 1.85 bits per heavy atom. The highest BCUT2D eigenvalue weighted by Crippen LogP contribution is 2.33. The first-order valence-electron chi connectivity index (χ1n) is 8.74. The second-order valence-corrected chi connectivity index (χ2v) is 6.70. The van der Waals surface area contributed by atoms with Gasteiger partial charge in [-0.3, -0.25) is 4.79 Å². The van der Waals surface area contributed by atoms with Crippen LogP contribution in [0.25, 0.3) is 0 Å². The van der Waals surface area contributed by atoms with Gasteiger partial charge >= 0.3 is 6.18 Å². The number of piperidine rings is 1. The lowest BCUT2D eigenvalue weighted by molar-refractivity contribution is -0.138. The summed E-state index contributed by atoms with van der Waals surface area (Å²) in [6.45, 7) is 2.70. The molecule has 3 rings (SSSR count). The molecule has 2 aromatic rings. The molecule has 27 heavy (non-hydrogen) atoms. The predicted octanol–water partition coefficient (Wildman–Crippen LogP) is 3.54. The van der Waals surface area contributed by atoms with E-state index in [1.54, 1.807) is 0 Å². The molecule has 144 valence electrons. The highest BCUT2D eigenvalue weighted by molar-refractivity contribution is 5.96. The average molecular weight is 378 g/mol. The van der Waals surface area contributed by atoms with Gasteiger partial charge in [-0.05, 0) is 31.9 Å². The van der Waals surface area contributed by atoms with Crippen molar-refractivity contribution in [1.82, 2.24) is 14.9 Å². The minimum Gasteiger partial charge on any atom is -0.356 e. The van der Waals surface area contributed by atoms with Crippen molar-refractivity contribution in [3.8, 4) is 0 Å². The van der Waals surface area contributed by atoms with Crippen LogP contribution in [-0.2, 0) is 6.18 Å². The Labute approximate surface area is 155 Å². The van der Waals surface area contributed by atoms with Crippen molar-refractivity contribution in [1.29, 1.82) is 0 Å². The van der Waals surface area contributed by atoms with Crippen LogP contribution in [0.4, 0.5) is 19.0 Å². The lowest BCUT2D eigenvalue weighted by atomic mass is 10.0. The standard InChI is InChI=1S/C19H21F3N4O/c1-13-11-17(24-12-23-13)25(2)14-7-9-26(10-8-14)18(27)15-5-3-4-6-16(15)19(20,21)22/h3-6,11-12,14H,7-10H2,1-2H3. The Morgan fingerprint density at radius 3 is 2.48 bits per heavy atom. The molecule has 2 heterocycles. The summed E-state index contributed by atoms with van der Waals surface area (Å²) in [5.41, 5.74) is -0.308. The van der Waals surface area contributed by atoms with Gasteiger partial charge in [-0.1, -0.05) is 12.1 Å². The molecule has 0 atom stereocenters. The van der Waals surface area contributed by atoms with Gasteiger partial charge in [0.25, 0.3) is 5.91 Å². The van der Waals surface area contributed by atoms with Gasteiger partial charge in [-0.15, -0.1) is 0 Å².